The molecule has 0 saturated heterocycles. The van der Waals surface area contributed by atoms with Crippen molar-refractivity contribution in [3.63, 3.8) is 0 Å². The van der Waals surface area contributed by atoms with Crippen molar-refractivity contribution >= 4 is 23.1 Å². The molecule has 1 aliphatic heterocycles. The first kappa shape index (κ1) is 6.80. The predicted molar refractivity (Wildman–Crippen MR) is 41.7 cm³/mol. The Bertz CT molecular complexity index is 231. The van der Waals surface area contributed by atoms with Crippen LogP contribution in [0, 0.1) is 10.8 Å². The molecule has 1 rings (SSSR count). The van der Waals surface area contributed by atoms with E-state index < -0.39 is 0 Å². The Labute approximate surface area is 58.7 Å². The highest BCUT2D eigenvalue weighted by molar-refractivity contribution is 6.54. The third-order valence-electron chi connectivity index (χ3n) is 1.31. The highest BCUT2D eigenvalue weighted by Gasteiger charge is 2.10. The fourth-order valence-electron chi connectivity index (χ4n) is 0.603. The molecule has 2 N–H and O–H groups in total. The van der Waals surface area contributed by atoms with Crippen LogP contribution >= 0.6 is 0 Å². The van der Waals surface area contributed by atoms with Crippen molar-refractivity contribution in [1.82, 2.24) is 0 Å². The van der Waals surface area contributed by atoms with E-state index in [-0.39, 0.29) is 11.7 Å². The molecule has 10 heavy (non-hydrogen) atoms. The Morgan fingerprint density at radius 1 is 0.900 bits per heavy atom. The lowest BCUT2D eigenvalue weighted by molar-refractivity contribution is 1.38. The van der Waals surface area contributed by atoms with Gasteiger partial charge in [-0.2, -0.15) is 0 Å². The second-order valence-electron chi connectivity index (χ2n) is 2.09. The van der Waals surface area contributed by atoms with E-state index in [1.165, 1.54) is 0 Å². The standard InChI is InChI=1S/C6H8N4/c1-3-4(2)10-6(8)5(7)9-3/h7-8H,1-2H3. The molecule has 0 atom stereocenters. The van der Waals surface area contributed by atoms with Gasteiger partial charge in [0, 0.05) is 0 Å². The molecule has 0 fully saturated rings. The summed E-state index contributed by atoms with van der Waals surface area (Å²) in [6, 6.07) is 0. The van der Waals surface area contributed by atoms with Crippen LogP contribution < -0.4 is 0 Å². The molecule has 1 aliphatic rings. The summed E-state index contributed by atoms with van der Waals surface area (Å²) in [7, 11) is 0. The van der Waals surface area contributed by atoms with E-state index in [9.17, 15) is 0 Å². The van der Waals surface area contributed by atoms with Crippen molar-refractivity contribution in [3.05, 3.63) is 0 Å². The Morgan fingerprint density at radius 2 is 1.20 bits per heavy atom. The lowest BCUT2D eigenvalue weighted by Crippen LogP contribution is -2.21. The Kier molecular flexibility index (Phi) is 1.45. The molecule has 4 heteroatoms. The molecule has 0 aromatic rings. The molecular formula is C6H8N4. The minimum absolute atomic E-state index is 0.0527. The third-order valence-corrected chi connectivity index (χ3v) is 1.31. The van der Waals surface area contributed by atoms with Gasteiger partial charge in [0.05, 0.1) is 11.4 Å². The number of hydrogen-bond donors (Lipinski definition) is 2. The SMILES string of the molecule is CC1=NC(=N)C(=N)N=C1C. The summed E-state index contributed by atoms with van der Waals surface area (Å²) >= 11 is 0. The first-order valence-electron chi connectivity index (χ1n) is 2.89. The summed E-state index contributed by atoms with van der Waals surface area (Å²) in [5.74, 6) is -0.105. The molecule has 0 aromatic carbocycles. The topological polar surface area (TPSA) is 72.4 Å². The van der Waals surface area contributed by atoms with Crippen molar-refractivity contribution in [1.29, 1.82) is 10.8 Å². The zero-order valence-corrected chi connectivity index (χ0v) is 5.89. The minimum atomic E-state index is -0.0527. The van der Waals surface area contributed by atoms with Gasteiger partial charge in [0.25, 0.3) is 0 Å². The maximum absolute atomic E-state index is 7.10. The predicted octanol–water partition coefficient (Wildman–Crippen LogP) is 0.876. The second kappa shape index (κ2) is 2.13. The van der Waals surface area contributed by atoms with Crippen LogP contribution in [0.1, 0.15) is 13.8 Å². The number of rotatable bonds is 0. The van der Waals surface area contributed by atoms with E-state index in [4.69, 9.17) is 10.8 Å². The van der Waals surface area contributed by atoms with Crippen LogP contribution in [0.4, 0.5) is 0 Å². The van der Waals surface area contributed by atoms with Gasteiger partial charge in [-0.25, -0.2) is 9.98 Å². The zero-order chi connectivity index (χ0) is 7.72. The number of nitrogens with zero attached hydrogens (tertiary/aromatic N) is 2. The van der Waals surface area contributed by atoms with E-state index in [1.54, 1.807) is 13.8 Å². The lowest BCUT2D eigenvalue weighted by atomic mass is 10.2. The van der Waals surface area contributed by atoms with Gasteiger partial charge in [-0.15, -0.1) is 0 Å². The average molecular weight is 136 g/mol. The maximum Gasteiger partial charge on any atom is 0.189 e. The van der Waals surface area contributed by atoms with E-state index in [1.807, 2.05) is 0 Å². The normalized spacial score (nSPS) is 18.6. The fraction of sp³-hybridized carbons (Fsp3) is 0.333. The molecule has 0 unspecified atom stereocenters. The summed E-state index contributed by atoms with van der Waals surface area (Å²) < 4.78 is 0. The summed E-state index contributed by atoms with van der Waals surface area (Å²) in [5, 5.41) is 14.2. The number of amidine groups is 2. The van der Waals surface area contributed by atoms with Crippen molar-refractivity contribution in [2.24, 2.45) is 9.98 Å². The quantitative estimate of drug-likeness (QED) is 0.496. The molecule has 0 amide bonds. The van der Waals surface area contributed by atoms with E-state index in [0.29, 0.717) is 0 Å². The van der Waals surface area contributed by atoms with Gasteiger partial charge in [-0.05, 0) is 13.8 Å². The van der Waals surface area contributed by atoms with Crippen LogP contribution in [0.3, 0.4) is 0 Å². The van der Waals surface area contributed by atoms with Crippen LogP contribution in [0.5, 0.6) is 0 Å². The lowest BCUT2D eigenvalue weighted by Gasteiger charge is -2.06. The van der Waals surface area contributed by atoms with Crippen LogP contribution in [-0.4, -0.2) is 23.1 Å². The van der Waals surface area contributed by atoms with Crippen molar-refractivity contribution in [2.45, 2.75) is 13.8 Å². The molecule has 0 radical (unpaired) electrons. The van der Waals surface area contributed by atoms with E-state index in [0.717, 1.165) is 11.4 Å². The Hall–Kier alpha value is -1.32. The molecule has 4 nitrogen and oxygen atoms in total. The molecule has 0 aromatic heterocycles. The summed E-state index contributed by atoms with van der Waals surface area (Å²) in [5.41, 5.74) is 1.45. The molecule has 52 valence electrons. The van der Waals surface area contributed by atoms with E-state index >= 15 is 0 Å². The van der Waals surface area contributed by atoms with Gasteiger partial charge < -0.3 is 0 Å². The van der Waals surface area contributed by atoms with Crippen molar-refractivity contribution < 1.29 is 0 Å². The van der Waals surface area contributed by atoms with Gasteiger partial charge in [-0.3, -0.25) is 10.8 Å². The zero-order valence-electron chi connectivity index (χ0n) is 5.89. The minimum Gasteiger partial charge on any atom is -0.280 e. The van der Waals surface area contributed by atoms with Crippen LogP contribution in [-0.2, 0) is 0 Å². The van der Waals surface area contributed by atoms with Gasteiger partial charge >= 0.3 is 0 Å². The van der Waals surface area contributed by atoms with Crippen LogP contribution in [0.2, 0.25) is 0 Å². The third kappa shape index (κ3) is 1.00. The smallest absolute Gasteiger partial charge is 0.189 e. The fourth-order valence-corrected chi connectivity index (χ4v) is 0.603. The molecular weight excluding hydrogens is 128 g/mol. The molecule has 0 spiro atoms. The van der Waals surface area contributed by atoms with Gasteiger partial charge in [0.2, 0.25) is 0 Å². The molecule has 0 bridgehead atoms. The Morgan fingerprint density at radius 3 is 1.50 bits per heavy atom. The highest BCUT2D eigenvalue weighted by atomic mass is 15.0. The highest BCUT2D eigenvalue weighted by Crippen LogP contribution is 1.96. The number of nitrogens with one attached hydrogen (secondary N) is 2. The Balaban J connectivity index is 3.06. The monoisotopic (exact) mass is 136 g/mol. The number of hydrogen-bond acceptors (Lipinski definition) is 2. The van der Waals surface area contributed by atoms with Gasteiger partial charge in [0.1, 0.15) is 0 Å². The van der Waals surface area contributed by atoms with Crippen LogP contribution in [0.25, 0.3) is 0 Å². The summed E-state index contributed by atoms with van der Waals surface area (Å²) in [6.45, 7) is 3.56. The van der Waals surface area contributed by atoms with Crippen molar-refractivity contribution in [2.75, 3.05) is 0 Å². The average Bonchev–Trinajstić information content (AvgIpc) is 1.84. The maximum atomic E-state index is 7.10. The van der Waals surface area contributed by atoms with Crippen LogP contribution in [0.15, 0.2) is 9.98 Å². The summed E-state index contributed by atoms with van der Waals surface area (Å²) in [4.78, 5) is 7.58. The van der Waals surface area contributed by atoms with Gasteiger partial charge in [-0.1, -0.05) is 0 Å². The molecule has 1 heterocycles. The van der Waals surface area contributed by atoms with Gasteiger partial charge in [0.15, 0.2) is 11.7 Å². The number of aliphatic imine (C=N–C) groups is 2. The molecule has 0 saturated carbocycles. The second-order valence-corrected chi connectivity index (χ2v) is 2.09. The van der Waals surface area contributed by atoms with E-state index in [2.05, 4.69) is 9.98 Å². The largest absolute Gasteiger partial charge is 0.280 e. The first-order valence-corrected chi connectivity index (χ1v) is 2.89. The summed E-state index contributed by atoms with van der Waals surface area (Å²) in [6.07, 6.45) is 0. The van der Waals surface area contributed by atoms with Crippen molar-refractivity contribution in [3.8, 4) is 0 Å². The first-order chi connectivity index (χ1) is 4.61. The molecule has 0 aliphatic carbocycles.